The van der Waals surface area contributed by atoms with Crippen LogP contribution in [0.15, 0.2) is 67.1 Å². The third-order valence-electron chi connectivity index (χ3n) is 4.80. The predicted molar refractivity (Wildman–Crippen MR) is 114 cm³/mol. The van der Waals surface area contributed by atoms with Crippen molar-refractivity contribution in [2.75, 3.05) is 5.32 Å². The summed E-state index contributed by atoms with van der Waals surface area (Å²) in [4.78, 5) is 36.3. The normalized spacial score (nSPS) is 11.4. The van der Waals surface area contributed by atoms with Crippen molar-refractivity contribution in [3.8, 4) is 11.3 Å². The first-order valence-corrected chi connectivity index (χ1v) is 9.62. The molecular weight excluding hydrogens is 437 g/mol. The summed E-state index contributed by atoms with van der Waals surface area (Å²) in [6.45, 7) is 0. The molecule has 0 fully saturated rings. The molecule has 33 heavy (non-hydrogen) atoms. The van der Waals surface area contributed by atoms with Gasteiger partial charge >= 0.3 is 12.1 Å². The van der Waals surface area contributed by atoms with Gasteiger partial charge < -0.3 is 10.4 Å². The molecule has 1 amide bonds. The van der Waals surface area contributed by atoms with E-state index in [1.165, 1.54) is 36.8 Å². The number of anilines is 1. The number of pyridine rings is 1. The van der Waals surface area contributed by atoms with Crippen LogP contribution < -0.4 is 5.32 Å². The molecule has 0 unspecified atom stereocenters. The van der Waals surface area contributed by atoms with Gasteiger partial charge in [0.05, 0.1) is 35.1 Å². The average Bonchev–Trinajstić information content (AvgIpc) is 2.79. The molecule has 4 rings (SSSR count). The molecule has 10 heteroatoms. The van der Waals surface area contributed by atoms with Gasteiger partial charge in [0.1, 0.15) is 5.69 Å². The largest absolute Gasteiger partial charge is 0.481 e. The van der Waals surface area contributed by atoms with Gasteiger partial charge in [0, 0.05) is 23.3 Å². The molecule has 0 saturated heterocycles. The lowest BCUT2D eigenvalue weighted by molar-refractivity contribution is -0.138. The van der Waals surface area contributed by atoms with E-state index in [9.17, 15) is 27.9 Å². The van der Waals surface area contributed by atoms with Gasteiger partial charge in [-0.25, -0.2) is 9.97 Å². The van der Waals surface area contributed by atoms with Crippen LogP contribution in [-0.2, 0) is 17.4 Å². The van der Waals surface area contributed by atoms with Crippen LogP contribution in [0.25, 0.3) is 22.2 Å². The number of carbonyl (C=O) groups is 2. The lowest BCUT2D eigenvalue weighted by atomic mass is 10.00. The zero-order valence-corrected chi connectivity index (χ0v) is 16.8. The molecule has 4 aromatic rings. The molecule has 0 spiro atoms. The highest BCUT2D eigenvalue weighted by Crippen LogP contribution is 2.34. The van der Waals surface area contributed by atoms with Gasteiger partial charge in [-0.05, 0) is 29.8 Å². The Labute approximate surface area is 185 Å². The second kappa shape index (κ2) is 8.65. The SMILES string of the molecule is O=C(O)Cc1cc(-c2cccc(C(F)(F)F)c2)nc2c(NC(=O)c3cnccn3)cccc12. The Morgan fingerprint density at radius 1 is 1.03 bits per heavy atom. The quantitative estimate of drug-likeness (QED) is 0.459. The first-order chi connectivity index (χ1) is 15.7. The van der Waals surface area contributed by atoms with E-state index in [0.29, 0.717) is 10.9 Å². The molecule has 2 aromatic heterocycles. The van der Waals surface area contributed by atoms with Crippen LogP contribution >= 0.6 is 0 Å². The number of hydrogen-bond donors (Lipinski definition) is 2. The number of aliphatic carboxylic acids is 1. The van der Waals surface area contributed by atoms with Crippen LogP contribution in [0.5, 0.6) is 0 Å². The summed E-state index contributed by atoms with van der Waals surface area (Å²) in [6.07, 6.45) is -0.889. The van der Waals surface area contributed by atoms with Crippen molar-refractivity contribution < 1.29 is 27.9 Å². The Balaban J connectivity index is 1.86. The lowest BCUT2D eigenvalue weighted by Crippen LogP contribution is -2.14. The monoisotopic (exact) mass is 452 g/mol. The van der Waals surface area contributed by atoms with E-state index in [2.05, 4.69) is 20.3 Å². The molecule has 0 aliphatic heterocycles. The standard InChI is InChI=1S/C23H15F3N4O3/c24-23(25,26)15-4-1-3-13(9-15)18-10-14(11-20(31)32)16-5-2-6-17(21(16)29-18)30-22(33)19-12-27-7-8-28-19/h1-10,12H,11H2,(H,30,33)(H,31,32). The topological polar surface area (TPSA) is 105 Å². The summed E-state index contributed by atoms with van der Waals surface area (Å²) in [5.74, 6) is -1.69. The van der Waals surface area contributed by atoms with Crippen molar-refractivity contribution >= 4 is 28.5 Å². The predicted octanol–water partition coefficient (Wildman–Crippen LogP) is 4.59. The molecule has 2 N–H and O–H groups in total. The number of rotatable bonds is 5. The number of benzene rings is 2. The zero-order chi connectivity index (χ0) is 23.6. The average molecular weight is 452 g/mol. The van der Waals surface area contributed by atoms with Crippen molar-refractivity contribution in [1.82, 2.24) is 15.0 Å². The zero-order valence-electron chi connectivity index (χ0n) is 16.8. The minimum atomic E-state index is -4.55. The molecular formula is C23H15F3N4O3. The van der Waals surface area contributed by atoms with E-state index < -0.39 is 23.6 Å². The number of carbonyl (C=O) groups excluding carboxylic acids is 1. The van der Waals surface area contributed by atoms with E-state index in [1.54, 1.807) is 18.2 Å². The fourth-order valence-corrected chi connectivity index (χ4v) is 3.33. The number of carboxylic acids is 1. The van der Waals surface area contributed by atoms with Crippen molar-refractivity contribution in [3.05, 3.63) is 83.9 Å². The smallest absolute Gasteiger partial charge is 0.416 e. The Morgan fingerprint density at radius 3 is 2.52 bits per heavy atom. The number of carboxylic acid groups (broad SMARTS) is 1. The second-order valence-electron chi connectivity index (χ2n) is 7.06. The fraction of sp³-hybridized carbons (Fsp3) is 0.0870. The van der Waals surface area contributed by atoms with Crippen molar-refractivity contribution in [1.29, 1.82) is 0 Å². The Kier molecular flexibility index (Phi) is 5.74. The van der Waals surface area contributed by atoms with E-state index in [0.717, 1.165) is 12.1 Å². The van der Waals surface area contributed by atoms with Gasteiger partial charge in [0.15, 0.2) is 0 Å². The maximum atomic E-state index is 13.2. The van der Waals surface area contributed by atoms with Crippen LogP contribution in [-0.4, -0.2) is 31.9 Å². The Hall–Kier alpha value is -4.34. The highest BCUT2D eigenvalue weighted by atomic mass is 19.4. The molecule has 0 aliphatic rings. The van der Waals surface area contributed by atoms with Gasteiger partial charge in [-0.1, -0.05) is 24.3 Å². The molecule has 2 heterocycles. The van der Waals surface area contributed by atoms with Gasteiger partial charge in [-0.3, -0.25) is 14.6 Å². The number of alkyl halides is 3. The molecule has 166 valence electrons. The van der Waals surface area contributed by atoms with Crippen LogP contribution in [0.3, 0.4) is 0 Å². The van der Waals surface area contributed by atoms with Gasteiger partial charge in [0.2, 0.25) is 0 Å². The second-order valence-corrected chi connectivity index (χ2v) is 7.06. The maximum Gasteiger partial charge on any atom is 0.416 e. The third-order valence-corrected chi connectivity index (χ3v) is 4.80. The van der Waals surface area contributed by atoms with Gasteiger partial charge in [0.25, 0.3) is 5.91 Å². The number of fused-ring (bicyclic) bond motifs is 1. The highest BCUT2D eigenvalue weighted by molar-refractivity contribution is 6.08. The number of aromatic nitrogens is 3. The number of hydrogen-bond acceptors (Lipinski definition) is 5. The summed E-state index contributed by atoms with van der Waals surface area (Å²) in [6, 6.07) is 10.8. The van der Waals surface area contributed by atoms with Crippen LogP contribution in [0.1, 0.15) is 21.6 Å². The Bertz CT molecular complexity index is 1360. The van der Waals surface area contributed by atoms with Crippen molar-refractivity contribution in [3.63, 3.8) is 0 Å². The van der Waals surface area contributed by atoms with Crippen molar-refractivity contribution in [2.45, 2.75) is 12.6 Å². The Morgan fingerprint density at radius 2 is 1.82 bits per heavy atom. The van der Waals surface area contributed by atoms with Gasteiger partial charge in [-0.15, -0.1) is 0 Å². The first kappa shape index (κ1) is 21.9. The molecule has 0 saturated carbocycles. The van der Waals surface area contributed by atoms with E-state index >= 15 is 0 Å². The van der Waals surface area contributed by atoms with Crippen LogP contribution in [0.2, 0.25) is 0 Å². The van der Waals surface area contributed by atoms with E-state index in [1.807, 2.05) is 0 Å². The first-order valence-electron chi connectivity index (χ1n) is 9.62. The summed E-state index contributed by atoms with van der Waals surface area (Å²) < 4.78 is 39.6. The van der Waals surface area contributed by atoms with E-state index in [4.69, 9.17) is 0 Å². The summed E-state index contributed by atoms with van der Waals surface area (Å²) in [5.41, 5.74) is 0.333. The molecule has 0 bridgehead atoms. The van der Waals surface area contributed by atoms with Crippen LogP contribution in [0.4, 0.5) is 18.9 Å². The number of nitrogens with zero attached hydrogens (tertiary/aromatic N) is 3. The van der Waals surface area contributed by atoms with Crippen molar-refractivity contribution in [2.24, 2.45) is 0 Å². The summed E-state index contributed by atoms with van der Waals surface area (Å²) >= 11 is 0. The van der Waals surface area contributed by atoms with Gasteiger partial charge in [-0.2, -0.15) is 13.2 Å². The number of nitrogens with one attached hydrogen (secondary N) is 1. The summed E-state index contributed by atoms with van der Waals surface area (Å²) in [7, 11) is 0. The highest BCUT2D eigenvalue weighted by Gasteiger charge is 2.30. The summed E-state index contributed by atoms with van der Waals surface area (Å²) in [5, 5.41) is 12.5. The number of halogens is 3. The fourth-order valence-electron chi connectivity index (χ4n) is 3.33. The molecule has 2 aromatic carbocycles. The molecule has 0 atom stereocenters. The molecule has 0 radical (unpaired) electrons. The maximum absolute atomic E-state index is 13.2. The molecule has 0 aliphatic carbocycles. The third kappa shape index (κ3) is 4.79. The number of para-hydroxylation sites is 1. The lowest BCUT2D eigenvalue weighted by Gasteiger charge is -2.14. The molecule has 7 nitrogen and oxygen atoms in total. The number of amides is 1. The minimum Gasteiger partial charge on any atom is -0.481 e. The minimum absolute atomic E-state index is 0.0503. The van der Waals surface area contributed by atoms with E-state index in [-0.39, 0.29) is 34.6 Å². The van der Waals surface area contributed by atoms with Crippen LogP contribution in [0, 0.1) is 0 Å².